The third-order valence-electron chi connectivity index (χ3n) is 3.13. The Labute approximate surface area is 115 Å². The first-order valence-electron chi connectivity index (χ1n) is 6.61. The first kappa shape index (κ1) is 13.6. The zero-order valence-electron chi connectivity index (χ0n) is 11.8. The van der Waals surface area contributed by atoms with Gasteiger partial charge in [0.1, 0.15) is 12.4 Å². The third kappa shape index (κ3) is 3.58. The lowest BCUT2D eigenvalue weighted by atomic mass is 10.1. The molecule has 2 aromatic carbocycles. The number of hydrogen-bond acceptors (Lipinski definition) is 2. The molecular formula is C17H21NO. The summed E-state index contributed by atoms with van der Waals surface area (Å²) in [6.07, 6.45) is 0. The van der Waals surface area contributed by atoms with E-state index in [2.05, 4.69) is 50.2 Å². The van der Waals surface area contributed by atoms with E-state index in [-0.39, 0.29) is 6.04 Å². The van der Waals surface area contributed by atoms with Gasteiger partial charge in [-0.1, -0.05) is 47.5 Å². The van der Waals surface area contributed by atoms with E-state index < -0.39 is 0 Å². The van der Waals surface area contributed by atoms with E-state index in [0.29, 0.717) is 6.61 Å². The molecule has 2 rings (SSSR count). The molecule has 0 bridgehead atoms. The van der Waals surface area contributed by atoms with Gasteiger partial charge in [0.2, 0.25) is 0 Å². The average Bonchev–Trinajstić information content (AvgIpc) is 2.37. The summed E-state index contributed by atoms with van der Waals surface area (Å²) < 4.78 is 5.91. The maximum atomic E-state index is 6.00. The number of nitrogens with two attached hydrogens (primary N) is 1. The van der Waals surface area contributed by atoms with Crippen molar-refractivity contribution in [2.75, 3.05) is 0 Å². The summed E-state index contributed by atoms with van der Waals surface area (Å²) in [6, 6.07) is 14.5. The van der Waals surface area contributed by atoms with Crippen LogP contribution in [0.3, 0.4) is 0 Å². The Morgan fingerprint density at radius 3 is 2.47 bits per heavy atom. The average molecular weight is 255 g/mol. The quantitative estimate of drug-likeness (QED) is 0.899. The minimum Gasteiger partial charge on any atom is -0.489 e. The fourth-order valence-electron chi connectivity index (χ4n) is 2.12. The van der Waals surface area contributed by atoms with Crippen LogP contribution in [0.1, 0.15) is 35.2 Å². The zero-order chi connectivity index (χ0) is 13.8. The Morgan fingerprint density at radius 1 is 1.05 bits per heavy atom. The summed E-state index contributed by atoms with van der Waals surface area (Å²) in [5.74, 6) is 0.877. The first-order chi connectivity index (χ1) is 9.06. The lowest BCUT2D eigenvalue weighted by Crippen LogP contribution is -2.08. The van der Waals surface area contributed by atoms with Crippen molar-refractivity contribution in [3.8, 4) is 5.75 Å². The second-order valence-electron chi connectivity index (χ2n) is 5.11. The largest absolute Gasteiger partial charge is 0.489 e. The topological polar surface area (TPSA) is 35.2 Å². The maximum absolute atomic E-state index is 6.00. The van der Waals surface area contributed by atoms with E-state index in [1.165, 1.54) is 16.7 Å². The number of ether oxygens (including phenoxy) is 1. The highest BCUT2D eigenvalue weighted by molar-refractivity contribution is 5.39. The van der Waals surface area contributed by atoms with Crippen molar-refractivity contribution in [3.05, 3.63) is 64.7 Å². The summed E-state index contributed by atoms with van der Waals surface area (Å²) >= 11 is 0. The lowest BCUT2D eigenvalue weighted by molar-refractivity contribution is 0.301. The van der Waals surface area contributed by atoms with E-state index in [1.807, 2.05) is 13.0 Å². The Balaban J connectivity index is 2.15. The smallest absolute Gasteiger partial charge is 0.124 e. The molecule has 0 spiro atoms. The number of hydrogen-bond donors (Lipinski definition) is 1. The lowest BCUT2D eigenvalue weighted by Gasteiger charge is -2.15. The van der Waals surface area contributed by atoms with Crippen LogP contribution in [-0.2, 0) is 6.61 Å². The van der Waals surface area contributed by atoms with Crippen LogP contribution in [0.2, 0.25) is 0 Å². The van der Waals surface area contributed by atoms with Gasteiger partial charge in [0.15, 0.2) is 0 Å². The Hall–Kier alpha value is -1.80. The van der Waals surface area contributed by atoms with Gasteiger partial charge >= 0.3 is 0 Å². The fraction of sp³-hybridized carbons (Fsp3) is 0.294. The van der Waals surface area contributed by atoms with Crippen LogP contribution >= 0.6 is 0 Å². The molecule has 2 heteroatoms. The summed E-state index contributed by atoms with van der Waals surface area (Å²) in [4.78, 5) is 0. The van der Waals surface area contributed by atoms with Crippen molar-refractivity contribution in [1.82, 2.24) is 0 Å². The van der Waals surface area contributed by atoms with Gasteiger partial charge in [0.05, 0.1) is 0 Å². The minimum absolute atomic E-state index is 0.0209. The van der Waals surface area contributed by atoms with Crippen LogP contribution < -0.4 is 10.5 Å². The molecule has 0 heterocycles. The summed E-state index contributed by atoms with van der Waals surface area (Å²) in [6.45, 7) is 6.71. The van der Waals surface area contributed by atoms with Crippen LogP contribution in [0.5, 0.6) is 5.75 Å². The maximum Gasteiger partial charge on any atom is 0.124 e. The van der Waals surface area contributed by atoms with E-state index in [4.69, 9.17) is 10.5 Å². The zero-order valence-corrected chi connectivity index (χ0v) is 11.8. The molecule has 0 saturated heterocycles. The van der Waals surface area contributed by atoms with Gasteiger partial charge in [-0.05, 0) is 32.4 Å². The van der Waals surface area contributed by atoms with E-state index in [1.54, 1.807) is 0 Å². The monoisotopic (exact) mass is 255 g/mol. The predicted octanol–water partition coefficient (Wildman–Crippen LogP) is 3.90. The molecule has 0 aliphatic rings. The number of rotatable bonds is 4. The number of aryl methyl sites for hydroxylation is 2. The molecule has 0 unspecified atom stereocenters. The van der Waals surface area contributed by atoms with E-state index in [0.717, 1.165) is 11.3 Å². The molecule has 1 atom stereocenters. The van der Waals surface area contributed by atoms with Gasteiger partial charge in [-0.2, -0.15) is 0 Å². The van der Waals surface area contributed by atoms with Crippen LogP contribution in [0.15, 0.2) is 42.5 Å². The first-order valence-corrected chi connectivity index (χ1v) is 6.61. The highest BCUT2D eigenvalue weighted by Gasteiger charge is 2.08. The normalized spacial score (nSPS) is 12.2. The molecule has 2 N–H and O–H groups in total. The summed E-state index contributed by atoms with van der Waals surface area (Å²) in [5, 5.41) is 0. The van der Waals surface area contributed by atoms with Gasteiger partial charge in [0, 0.05) is 11.6 Å². The molecule has 0 radical (unpaired) electrons. The van der Waals surface area contributed by atoms with E-state index in [9.17, 15) is 0 Å². The van der Waals surface area contributed by atoms with Gasteiger partial charge in [-0.3, -0.25) is 0 Å². The predicted molar refractivity (Wildman–Crippen MR) is 79.3 cm³/mol. The summed E-state index contributed by atoms with van der Waals surface area (Å²) in [5.41, 5.74) is 10.7. The molecule has 2 nitrogen and oxygen atoms in total. The Kier molecular flexibility index (Phi) is 4.23. The minimum atomic E-state index is -0.0209. The molecule has 0 fully saturated rings. The van der Waals surface area contributed by atoms with Gasteiger partial charge in [-0.25, -0.2) is 0 Å². The Morgan fingerprint density at radius 2 is 1.79 bits per heavy atom. The molecule has 0 aliphatic heterocycles. The van der Waals surface area contributed by atoms with Crippen LogP contribution in [0, 0.1) is 13.8 Å². The molecule has 2 aromatic rings. The van der Waals surface area contributed by atoms with Crippen molar-refractivity contribution in [3.63, 3.8) is 0 Å². The molecule has 100 valence electrons. The molecule has 19 heavy (non-hydrogen) atoms. The fourth-order valence-corrected chi connectivity index (χ4v) is 2.12. The van der Waals surface area contributed by atoms with Gasteiger partial charge in [-0.15, -0.1) is 0 Å². The third-order valence-corrected chi connectivity index (χ3v) is 3.13. The molecule has 0 saturated carbocycles. The van der Waals surface area contributed by atoms with Crippen LogP contribution in [-0.4, -0.2) is 0 Å². The molecule has 0 aliphatic carbocycles. The van der Waals surface area contributed by atoms with Crippen molar-refractivity contribution in [2.24, 2.45) is 5.73 Å². The van der Waals surface area contributed by atoms with Gasteiger partial charge < -0.3 is 10.5 Å². The van der Waals surface area contributed by atoms with Crippen LogP contribution in [0.25, 0.3) is 0 Å². The molecular weight excluding hydrogens is 234 g/mol. The highest BCUT2D eigenvalue weighted by atomic mass is 16.5. The second-order valence-corrected chi connectivity index (χ2v) is 5.11. The van der Waals surface area contributed by atoms with Crippen molar-refractivity contribution in [1.29, 1.82) is 0 Å². The highest BCUT2D eigenvalue weighted by Crippen LogP contribution is 2.25. The van der Waals surface area contributed by atoms with Gasteiger partial charge in [0.25, 0.3) is 0 Å². The standard InChI is InChI=1S/C17H21NO/c1-12-5-4-6-15(9-12)11-19-17-8-7-13(2)10-16(17)14(3)18/h4-10,14H,11,18H2,1-3H3/t14-/m0/s1. The molecule has 0 aromatic heterocycles. The van der Waals surface area contributed by atoms with Crippen molar-refractivity contribution in [2.45, 2.75) is 33.4 Å². The van der Waals surface area contributed by atoms with Crippen molar-refractivity contribution < 1.29 is 4.74 Å². The Bertz CT molecular complexity index is 561. The second kappa shape index (κ2) is 5.89. The SMILES string of the molecule is Cc1cccc(COc2ccc(C)cc2[C@H](C)N)c1. The molecule has 0 amide bonds. The number of benzene rings is 2. The summed E-state index contributed by atoms with van der Waals surface area (Å²) in [7, 11) is 0. The van der Waals surface area contributed by atoms with E-state index >= 15 is 0 Å². The van der Waals surface area contributed by atoms with Crippen molar-refractivity contribution >= 4 is 0 Å². The van der Waals surface area contributed by atoms with Crippen LogP contribution in [0.4, 0.5) is 0 Å².